The standard InChI is InChI=1S/C49H85N7O14/c1-14-18-20-33-42(59)54(67-16-3)28-36(57)55-34(21-19-25-50-55)41(58)53-26-24-47(11,64)40(53)44(61)56(68-17-4)38(30(7)8)45(62)69-39(31(9)10)37(43(60)52(33)13)51-46(63)48(12,65)49(66)23-22-32(27-29(5)6)35(15-2)70-49/h29-35,37-40,50,64-66H,14-28H2,1-13H3,(H,51,63). The van der Waals surface area contributed by atoms with Gasteiger partial charge in [0.15, 0.2) is 11.6 Å². The SMILES string of the molecule is CCCCC1C(=O)N(OCC)CC(=O)N2NCCCC2C(=O)N2CCC(C)(O)C2C(=O)N(OCC)C(C(C)C)C(=O)OC(C(C)C)C(NC(=O)C(C)(O)C2(O)CCC(CC(C)C)C(CC)O2)C(=O)N1C. The molecule has 6 amide bonds. The van der Waals surface area contributed by atoms with E-state index in [4.69, 9.17) is 19.1 Å². The Morgan fingerprint density at radius 1 is 0.914 bits per heavy atom. The molecule has 21 nitrogen and oxygen atoms in total. The number of rotatable bonds is 15. The average Bonchev–Trinajstić information content (AvgIpc) is 3.62. The number of esters is 1. The van der Waals surface area contributed by atoms with Crippen molar-refractivity contribution in [1.29, 1.82) is 0 Å². The summed E-state index contributed by atoms with van der Waals surface area (Å²) in [5.74, 6) is -9.99. The fourth-order valence-electron chi connectivity index (χ4n) is 10.3. The molecular weight excluding hydrogens is 911 g/mol. The van der Waals surface area contributed by atoms with Crippen molar-refractivity contribution in [2.75, 3.05) is 39.9 Å². The summed E-state index contributed by atoms with van der Waals surface area (Å²) in [6.07, 6.45) is 1.13. The van der Waals surface area contributed by atoms with Gasteiger partial charge < -0.3 is 39.9 Å². The van der Waals surface area contributed by atoms with Crippen molar-refractivity contribution < 1.29 is 68.0 Å². The van der Waals surface area contributed by atoms with E-state index in [2.05, 4.69) is 24.6 Å². The van der Waals surface area contributed by atoms with Crippen LogP contribution in [-0.2, 0) is 52.7 Å². The molecular formula is C49H85N7O14. The van der Waals surface area contributed by atoms with Crippen LogP contribution in [0.25, 0.3) is 0 Å². The van der Waals surface area contributed by atoms with Crippen LogP contribution >= 0.6 is 0 Å². The van der Waals surface area contributed by atoms with Crippen LogP contribution < -0.4 is 10.7 Å². The number of carbonyl (C=O) groups is 7. The molecule has 4 rings (SSSR count). The first-order valence-electron chi connectivity index (χ1n) is 25.6. The maximum absolute atomic E-state index is 15.4. The number of nitrogens with zero attached hydrogens (tertiary/aromatic N) is 5. The number of nitrogens with one attached hydrogen (secondary N) is 2. The second-order valence-electron chi connectivity index (χ2n) is 21.0. The topological polar surface area (TPSA) is 257 Å². The van der Waals surface area contributed by atoms with E-state index < -0.39 is 119 Å². The monoisotopic (exact) mass is 996 g/mol. The molecule has 400 valence electrons. The van der Waals surface area contributed by atoms with Crippen LogP contribution in [0, 0.1) is 23.7 Å². The van der Waals surface area contributed by atoms with Gasteiger partial charge in [0.1, 0.15) is 36.8 Å². The third-order valence-corrected chi connectivity index (χ3v) is 14.3. The Labute approximate surface area is 414 Å². The van der Waals surface area contributed by atoms with E-state index >= 15 is 9.59 Å². The highest BCUT2D eigenvalue weighted by Gasteiger charge is 2.58. The van der Waals surface area contributed by atoms with Crippen molar-refractivity contribution in [3.63, 3.8) is 0 Å². The summed E-state index contributed by atoms with van der Waals surface area (Å²) in [6, 6.07) is -7.54. The van der Waals surface area contributed by atoms with E-state index in [0.717, 1.165) is 33.4 Å². The fourth-order valence-corrected chi connectivity index (χ4v) is 10.3. The van der Waals surface area contributed by atoms with E-state index in [1.54, 1.807) is 41.5 Å². The Hall–Kier alpha value is -3.99. The number of unbranched alkanes of at least 4 members (excludes halogenated alkanes) is 1. The molecule has 4 saturated heterocycles. The van der Waals surface area contributed by atoms with Gasteiger partial charge in [0.25, 0.3) is 23.6 Å². The largest absolute Gasteiger partial charge is 0.458 e. The summed E-state index contributed by atoms with van der Waals surface area (Å²) in [5, 5.41) is 41.4. The summed E-state index contributed by atoms with van der Waals surface area (Å²) in [7, 11) is 1.33. The molecule has 11 unspecified atom stereocenters. The van der Waals surface area contributed by atoms with Crippen molar-refractivity contribution in [3.05, 3.63) is 0 Å². The van der Waals surface area contributed by atoms with Crippen molar-refractivity contribution in [1.82, 2.24) is 35.7 Å². The van der Waals surface area contributed by atoms with E-state index in [9.17, 15) is 39.3 Å². The predicted octanol–water partition coefficient (Wildman–Crippen LogP) is 2.19. The molecule has 0 aromatic rings. The number of fused-ring (bicyclic) bond motifs is 2. The van der Waals surface area contributed by atoms with Gasteiger partial charge in [-0.05, 0) is 96.3 Å². The van der Waals surface area contributed by atoms with Gasteiger partial charge in [-0.2, -0.15) is 0 Å². The summed E-state index contributed by atoms with van der Waals surface area (Å²) in [5.41, 5.74) is -1.55. The zero-order valence-corrected chi connectivity index (χ0v) is 44.0. The van der Waals surface area contributed by atoms with Crippen molar-refractivity contribution in [2.24, 2.45) is 23.7 Å². The van der Waals surface area contributed by atoms with Gasteiger partial charge in [-0.25, -0.2) is 20.3 Å². The van der Waals surface area contributed by atoms with E-state index in [-0.39, 0.29) is 51.4 Å². The zero-order valence-electron chi connectivity index (χ0n) is 44.0. The Morgan fingerprint density at radius 3 is 2.14 bits per heavy atom. The minimum Gasteiger partial charge on any atom is -0.458 e. The van der Waals surface area contributed by atoms with Gasteiger partial charge in [-0.3, -0.25) is 43.5 Å². The lowest BCUT2D eigenvalue weighted by Gasteiger charge is -2.48. The van der Waals surface area contributed by atoms with Gasteiger partial charge in [0.05, 0.1) is 24.9 Å². The smallest absolute Gasteiger partial charge is 0.332 e. The minimum atomic E-state index is -2.69. The molecule has 4 heterocycles. The highest BCUT2D eigenvalue weighted by molar-refractivity contribution is 5.97. The van der Waals surface area contributed by atoms with E-state index in [1.807, 2.05) is 13.8 Å². The molecule has 5 N–H and O–H groups in total. The predicted molar refractivity (Wildman–Crippen MR) is 255 cm³/mol. The van der Waals surface area contributed by atoms with E-state index in [1.165, 1.54) is 18.9 Å². The van der Waals surface area contributed by atoms with Gasteiger partial charge in [0, 0.05) is 26.6 Å². The van der Waals surface area contributed by atoms with Crippen LogP contribution in [0.15, 0.2) is 0 Å². The lowest BCUT2D eigenvalue weighted by atomic mass is 9.78. The first-order chi connectivity index (χ1) is 32.7. The van der Waals surface area contributed by atoms with Crippen molar-refractivity contribution in [3.8, 4) is 0 Å². The number of hydroxylamine groups is 4. The third kappa shape index (κ3) is 12.8. The molecule has 0 spiro atoms. The normalized spacial score (nSPS) is 32.5. The highest BCUT2D eigenvalue weighted by Crippen LogP contribution is 2.42. The number of amides is 6. The summed E-state index contributed by atoms with van der Waals surface area (Å²) in [4.78, 5) is 118. The Morgan fingerprint density at radius 2 is 1.57 bits per heavy atom. The Kier molecular flexibility index (Phi) is 20.6. The number of hydrogen-bond acceptors (Lipinski definition) is 15. The van der Waals surface area contributed by atoms with Gasteiger partial charge in [-0.15, -0.1) is 0 Å². The molecule has 4 aliphatic heterocycles. The Balaban J connectivity index is 1.95. The molecule has 0 aromatic carbocycles. The van der Waals surface area contributed by atoms with Crippen molar-refractivity contribution >= 4 is 41.4 Å². The summed E-state index contributed by atoms with van der Waals surface area (Å²) in [6.45, 7) is 19.4. The molecule has 0 aliphatic carbocycles. The quantitative estimate of drug-likeness (QED) is 0.148. The molecule has 4 fully saturated rings. The number of cyclic esters (lactones) is 1. The molecule has 21 heteroatoms. The molecule has 0 bridgehead atoms. The van der Waals surface area contributed by atoms with Gasteiger partial charge in [0.2, 0.25) is 17.6 Å². The van der Waals surface area contributed by atoms with Gasteiger partial charge in [-0.1, -0.05) is 68.2 Å². The first kappa shape index (κ1) is 58.6. The number of carbonyl (C=O) groups excluding carboxylic acids is 7. The maximum Gasteiger partial charge on any atom is 0.332 e. The molecule has 70 heavy (non-hydrogen) atoms. The molecule has 0 radical (unpaired) electrons. The first-order valence-corrected chi connectivity index (χ1v) is 25.6. The lowest BCUT2D eigenvalue weighted by Crippen LogP contribution is -2.69. The Bertz CT molecular complexity index is 1850. The number of hydrazine groups is 1. The molecule has 11 atom stereocenters. The van der Waals surface area contributed by atoms with E-state index in [0.29, 0.717) is 44.6 Å². The zero-order chi connectivity index (χ0) is 52.6. The van der Waals surface area contributed by atoms with Crippen LogP contribution in [0.3, 0.4) is 0 Å². The summed E-state index contributed by atoms with van der Waals surface area (Å²) >= 11 is 0. The summed E-state index contributed by atoms with van der Waals surface area (Å²) < 4.78 is 12.5. The minimum absolute atomic E-state index is 0.0392. The van der Waals surface area contributed by atoms with Crippen LogP contribution in [0.5, 0.6) is 0 Å². The molecule has 0 aromatic heterocycles. The van der Waals surface area contributed by atoms with Gasteiger partial charge >= 0.3 is 5.97 Å². The molecule has 4 aliphatic rings. The number of ether oxygens (including phenoxy) is 2. The van der Waals surface area contributed by atoms with Crippen LogP contribution in [0.2, 0.25) is 0 Å². The molecule has 0 saturated carbocycles. The second-order valence-corrected chi connectivity index (χ2v) is 21.0. The van der Waals surface area contributed by atoms with Crippen LogP contribution in [0.4, 0.5) is 0 Å². The lowest BCUT2D eigenvalue weighted by molar-refractivity contribution is -0.329. The average molecular weight is 996 g/mol. The second kappa shape index (κ2) is 24.6. The van der Waals surface area contributed by atoms with Crippen LogP contribution in [0.1, 0.15) is 147 Å². The number of likely N-dealkylation sites (N-methyl/N-ethyl adjacent to an activating group) is 1. The fraction of sp³-hybridized carbons (Fsp3) is 0.857. The number of aliphatic hydroxyl groups is 3. The number of hydrogen-bond donors (Lipinski definition) is 5. The highest BCUT2D eigenvalue weighted by atomic mass is 16.7. The third-order valence-electron chi connectivity index (χ3n) is 14.3. The van der Waals surface area contributed by atoms with Crippen molar-refractivity contribution in [2.45, 2.75) is 207 Å². The maximum atomic E-state index is 15.4. The van der Waals surface area contributed by atoms with Crippen LogP contribution in [-0.4, -0.2) is 181 Å².